The van der Waals surface area contributed by atoms with Gasteiger partial charge in [-0.1, -0.05) is 40.3 Å². The molecule has 0 aliphatic heterocycles. The van der Waals surface area contributed by atoms with Gasteiger partial charge in [-0.2, -0.15) is 0 Å². The molecule has 0 saturated carbocycles. The second kappa shape index (κ2) is 11.4. The van der Waals surface area contributed by atoms with E-state index < -0.39 is 13.2 Å². The highest BCUT2D eigenvalue weighted by molar-refractivity contribution is 6.76. The van der Waals surface area contributed by atoms with Crippen molar-refractivity contribution in [1.29, 1.82) is 0 Å². The van der Waals surface area contributed by atoms with Crippen LogP contribution in [-0.2, 0) is 11.3 Å². The number of nitro benzene ring substituents is 1. The minimum Gasteiger partial charge on any atom is -0.493 e. The van der Waals surface area contributed by atoms with E-state index >= 15 is 0 Å². The fourth-order valence-corrected chi connectivity index (χ4v) is 7.93. The molecule has 0 aliphatic rings. The van der Waals surface area contributed by atoms with Gasteiger partial charge in [0.25, 0.3) is 5.69 Å². The number of ether oxygens (including phenoxy) is 3. The maximum absolute atomic E-state index is 11.4. The van der Waals surface area contributed by atoms with E-state index in [9.17, 15) is 10.1 Å². The van der Waals surface area contributed by atoms with E-state index in [-0.39, 0.29) is 12.3 Å². The van der Waals surface area contributed by atoms with Crippen LogP contribution in [0.5, 0.6) is 11.5 Å². The third kappa shape index (κ3) is 5.92. The second-order valence-corrected chi connectivity index (χ2v) is 12.1. The summed E-state index contributed by atoms with van der Waals surface area (Å²) in [6.07, 6.45) is 2.09. The molecule has 1 aromatic rings. The molecule has 160 valence electrons. The summed E-state index contributed by atoms with van der Waals surface area (Å²) in [7, 11) is 1.44. The molecule has 1 rings (SSSR count). The Labute approximate surface area is 170 Å². The van der Waals surface area contributed by atoms with Gasteiger partial charge in [0.15, 0.2) is 11.5 Å². The zero-order valence-electron chi connectivity index (χ0n) is 18.4. The average molecular weight is 413 g/mol. The lowest BCUT2D eigenvalue weighted by atomic mass is 10.1. The zero-order chi connectivity index (χ0) is 21.3. The lowest BCUT2D eigenvalue weighted by molar-refractivity contribution is -0.386. The Hall–Kier alpha value is -1.64. The lowest BCUT2D eigenvalue weighted by Gasteiger charge is -2.41. The molecule has 8 heteroatoms. The molecule has 0 amide bonds. The van der Waals surface area contributed by atoms with Crippen LogP contribution in [0.25, 0.3) is 0 Å². The molecule has 0 bridgehead atoms. The molecular formula is C20H36N2O5Si. The normalized spacial score (nSPS) is 12.9. The SMILES string of the molecule is CCC(CCOCc1cc(OC)c(OC)cc1[N+](=O)[O-])[Si](C)(C)N(CC)CC. The first-order valence-electron chi connectivity index (χ1n) is 9.98. The highest BCUT2D eigenvalue weighted by Gasteiger charge is 2.35. The van der Waals surface area contributed by atoms with E-state index in [1.54, 1.807) is 6.07 Å². The summed E-state index contributed by atoms with van der Waals surface area (Å²) in [5.74, 6) is 0.809. The van der Waals surface area contributed by atoms with Crippen LogP contribution < -0.4 is 9.47 Å². The van der Waals surface area contributed by atoms with Crippen molar-refractivity contribution in [3.63, 3.8) is 0 Å². The van der Waals surface area contributed by atoms with Crippen molar-refractivity contribution in [3.05, 3.63) is 27.8 Å². The first-order valence-corrected chi connectivity index (χ1v) is 13.0. The van der Waals surface area contributed by atoms with Crippen LogP contribution in [0.1, 0.15) is 39.2 Å². The molecule has 1 atom stereocenters. The molecule has 1 unspecified atom stereocenters. The van der Waals surface area contributed by atoms with Gasteiger partial charge < -0.3 is 18.8 Å². The van der Waals surface area contributed by atoms with Gasteiger partial charge in [0.05, 0.1) is 37.4 Å². The Kier molecular flexibility index (Phi) is 9.92. The Morgan fingerprint density at radius 3 is 2.14 bits per heavy atom. The van der Waals surface area contributed by atoms with Crippen LogP contribution in [-0.4, -0.2) is 51.6 Å². The molecule has 0 spiro atoms. The van der Waals surface area contributed by atoms with Crippen molar-refractivity contribution in [1.82, 2.24) is 4.57 Å². The number of hydrogen-bond donors (Lipinski definition) is 0. The van der Waals surface area contributed by atoms with Crippen molar-refractivity contribution in [2.24, 2.45) is 0 Å². The maximum atomic E-state index is 11.4. The highest BCUT2D eigenvalue weighted by atomic mass is 28.3. The van der Waals surface area contributed by atoms with Crippen molar-refractivity contribution in [3.8, 4) is 11.5 Å². The molecule has 0 aliphatic carbocycles. The van der Waals surface area contributed by atoms with Gasteiger partial charge in [-0.15, -0.1) is 0 Å². The second-order valence-electron chi connectivity index (χ2n) is 7.37. The van der Waals surface area contributed by atoms with Crippen molar-refractivity contribution < 1.29 is 19.1 Å². The summed E-state index contributed by atoms with van der Waals surface area (Å²) in [5.41, 5.74) is 1.10. The summed E-state index contributed by atoms with van der Waals surface area (Å²) in [6.45, 7) is 14.4. The number of nitrogens with zero attached hydrogens (tertiary/aromatic N) is 2. The van der Waals surface area contributed by atoms with E-state index in [4.69, 9.17) is 14.2 Å². The fraction of sp³-hybridized carbons (Fsp3) is 0.700. The molecule has 0 N–H and O–H groups in total. The van der Waals surface area contributed by atoms with Gasteiger partial charge in [0.1, 0.15) is 8.24 Å². The van der Waals surface area contributed by atoms with Crippen molar-refractivity contribution in [2.75, 3.05) is 33.9 Å². The van der Waals surface area contributed by atoms with E-state index in [2.05, 4.69) is 38.4 Å². The largest absolute Gasteiger partial charge is 0.493 e. The molecule has 28 heavy (non-hydrogen) atoms. The number of hydrogen-bond acceptors (Lipinski definition) is 6. The monoisotopic (exact) mass is 412 g/mol. The van der Waals surface area contributed by atoms with Gasteiger partial charge in [-0.05, 0) is 31.1 Å². The smallest absolute Gasteiger partial charge is 0.278 e. The number of benzene rings is 1. The summed E-state index contributed by atoms with van der Waals surface area (Å²) >= 11 is 0. The first kappa shape index (κ1) is 24.4. The minimum atomic E-state index is -1.54. The van der Waals surface area contributed by atoms with E-state index in [0.29, 0.717) is 29.2 Å². The summed E-state index contributed by atoms with van der Waals surface area (Å²) in [4.78, 5) is 11.0. The van der Waals surface area contributed by atoms with Gasteiger partial charge in [-0.3, -0.25) is 10.1 Å². The predicted octanol–water partition coefficient (Wildman–Crippen LogP) is 4.85. The Morgan fingerprint density at radius 2 is 1.68 bits per heavy atom. The van der Waals surface area contributed by atoms with Crippen LogP contribution in [0.3, 0.4) is 0 Å². The fourth-order valence-electron chi connectivity index (χ4n) is 3.96. The number of nitro groups is 1. The molecule has 0 heterocycles. The standard InChI is InChI=1S/C20H36N2O5Si/c1-8-17(28(6,7)21(9-2)10-3)11-12-27-15-16-13-19(25-4)20(26-5)14-18(16)22(23)24/h13-14,17H,8-12,15H2,1-7H3. The number of methoxy groups -OCH3 is 2. The predicted molar refractivity (Wildman–Crippen MR) is 115 cm³/mol. The molecule has 7 nitrogen and oxygen atoms in total. The van der Waals surface area contributed by atoms with Crippen molar-refractivity contribution >= 4 is 13.9 Å². The third-order valence-electron chi connectivity index (χ3n) is 5.72. The Balaban J connectivity index is 2.81. The molecular weight excluding hydrogens is 376 g/mol. The number of rotatable bonds is 13. The van der Waals surface area contributed by atoms with Crippen molar-refractivity contribution in [2.45, 2.75) is 58.9 Å². The summed E-state index contributed by atoms with van der Waals surface area (Å²) in [5, 5.41) is 11.4. The van der Waals surface area contributed by atoms with E-state index in [0.717, 1.165) is 25.9 Å². The van der Waals surface area contributed by atoms with E-state index in [1.807, 2.05) is 0 Å². The molecule has 0 radical (unpaired) electrons. The van der Waals surface area contributed by atoms with E-state index in [1.165, 1.54) is 20.3 Å². The Morgan fingerprint density at radius 1 is 1.11 bits per heavy atom. The van der Waals surface area contributed by atoms with Crippen LogP contribution >= 0.6 is 0 Å². The minimum absolute atomic E-state index is 0.0115. The molecule has 0 aromatic heterocycles. The molecule has 1 aromatic carbocycles. The highest BCUT2D eigenvalue weighted by Crippen LogP contribution is 2.35. The summed E-state index contributed by atoms with van der Waals surface area (Å²) in [6, 6.07) is 3.02. The van der Waals surface area contributed by atoms with Crippen LogP contribution in [0.15, 0.2) is 12.1 Å². The third-order valence-corrected chi connectivity index (χ3v) is 10.7. The quantitative estimate of drug-likeness (QED) is 0.200. The van der Waals surface area contributed by atoms with Crippen LogP contribution in [0, 0.1) is 10.1 Å². The molecule has 0 saturated heterocycles. The summed E-state index contributed by atoms with van der Waals surface area (Å²) < 4.78 is 18.9. The average Bonchev–Trinajstić information content (AvgIpc) is 2.67. The van der Waals surface area contributed by atoms with Gasteiger partial charge in [0.2, 0.25) is 0 Å². The molecule has 0 fully saturated rings. The topological polar surface area (TPSA) is 74.1 Å². The van der Waals surface area contributed by atoms with Crippen LogP contribution in [0.4, 0.5) is 5.69 Å². The Bertz CT molecular complexity index is 635. The first-order chi connectivity index (χ1) is 13.3. The van der Waals surface area contributed by atoms with Gasteiger partial charge in [0, 0.05) is 6.61 Å². The maximum Gasteiger partial charge on any atom is 0.278 e. The van der Waals surface area contributed by atoms with Gasteiger partial charge >= 0.3 is 0 Å². The lowest BCUT2D eigenvalue weighted by Crippen LogP contribution is -2.52. The van der Waals surface area contributed by atoms with Crippen LogP contribution in [0.2, 0.25) is 18.6 Å². The van der Waals surface area contributed by atoms with Gasteiger partial charge in [-0.25, -0.2) is 0 Å². The zero-order valence-corrected chi connectivity index (χ0v) is 19.4.